The van der Waals surface area contributed by atoms with Crippen LogP contribution in [-0.4, -0.2) is 67.2 Å². The number of hydrogen-bond donors (Lipinski definition) is 0. The van der Waals surface area contributed by atoms with E-state index >= 15 is 0 Å². The van der Waals surface area contributed by atoms with E-state index < -0.39 is 29.4 Å². The van der Waals surface area contributed by atoms with Crippen molar-refractivity contribution in [1.29, 1.82) is 0 Å². The molecule has 3 aliphatic heterocycles. The van der Waals surface area contributed by atoms with Gasteiger partial charge in [0.25, 0.3) is 0 Å². The van der Waals surface area contributed by atoms with Crippen LogP contribution < -0.4 is 4.74 Å². The van der Waals surface area contributed by atoms with Gasteiger partial charge in [-0.3, -0.25) is 9.69 Å². The molecule has 0 aliphatic carbocycles. The van der Waals surface area contributed by atoms with Crippen LogP contribution in [0.4, 0.5) is 17.6 Å². The molecule has 0 saturated carbocycles. The molecule has 2 aromatic rings. The molecule has 3 heterocycles. The predicted octanol–water partition coefficient (Wildman–Crippen LogP) is 3.95. The standard InChI is InChI=1S/C25H25F4N3O3/c26-18-7-8-21-19(15-18)22-20(16-35-21)24(17-5-2-1-3-6-17,32(30-22)23(33)25(27,28)29)9-4-10-31-11-13-34-14-12-31/h1-3,5-8,15,20H,4,9-14,16H2. The van der Waals surface area contributed by atoms with Gasteiger partial charge in [-0.1, -0.05) is 30.3 Å². The zero-order valence-corrected chi connectivity index (χ0v) is 18.9. The van der Waals surface area contributed by atoms with Gasteiger partial charge in [-0.25, -0.2) is 9.40 Å². The molecule has 2 atom stereocenters. The molecule has 186 valence electrons. The Kier molecular flexibility index (Phi) is 6.27. The fourth-order valence-corrected chi connectivity index (χ4v) is 5.32. The van der Waals surface area contributed by atoms with Crippen molar-refractivity contribution in [2.24, 2.45) is 11.0 Å². The highest BCUT2D eigenvalue weighted by molar-refractivity contribution is 6.08. The van der Waals surface area contributed by atoms with Crippen molar-refractivity contribution in [2.45, 2.75) is 24.6 Å². The summed E-state index contributed by atoms with van der Waals surface area (Å²) in [5, 5.41) is 4.84. The fraction of sp³-hybridized carbons (Fsp3) is 0.440. The second kappa shape index (κ2) is 9.23. The lowest BCUT2D eigenvalue weighted by Gasteiger charge is -2.43. The van der Waals surface area contributed by atoms with Crippen LogP contribution in [0, 0.1) is 11.7 Å². The lowest BCUT2D eigenvalue weighted by molar-refractivity contribution is -0.193. The van der Waals surface area contributed by atoms with E-state index in [0.717, 1.165) is 13.1 Å². The normalized spacial score (nSPS) is 24.4. The lowest BCUT2D eigenvalue weighted by Crippen LogP contribution is -2.54. The number of amides is 1. The number of morpholine rings is 1. The van der Waals surface area contributed by atoms with Crippen molar-refractivity contribution in [3.8, 4) is 5.75 Å². The van der Waals surface area contributed by atoms with Gasteiger partial charge in [0.15, 0.2) is 0 Å². The molecule has 1 fully saturated rings. The molecule has 1 amide bonds. The summed E-state index contributed by atoms with van der Waals surface area (Å²) in [6.07, 6.45) is -4.39. The van der Waals surface area contributed by atoms with E-state index in [2.05, 4.69) is 10.0 Å². The van der Waals surface area contributed by atoms with Crippen molar-refractivity contribution >= 4 is 11.6 Å². The van der Waals surface area contributed by atoms with Crippen LogP contribution >= 0.6 is 0 Å². The molecule has 5 rings (SSSR count). The summed E-state index contributed by atoms with van der Waals surface area (Å²) >= 11 is 0. The van der Waals surface area contributed by atoms with E-state index in [-0.39, 0.29) is 24.3 Å². The number of nitrogens with zero attached hydrogens (tertiary/aromatic N) is 3. The maximum atomic E-state index is 14.1. The fourth-order valence-electron chi connectivity index (χ4n) is 5.32. The molecule has 10 heteroatoms. The number of rotatable bonds is 5. The molecule has 2 unspecified atom stereocenters. The van der Waals surface area contributed by atoms with Crippen molar-refractivity contribution in [1.82, 2.24) is 9.91 Å². The summed E-state index contributed by atoms with van der Waals surface area (Å²) in [4.78, 5) is 15.0. The SMILES string of the molecule is O=C(N1N=C2c3cc(F)ccc3OCC2C1(CCCN1CCOCC1)c1ccccc1)C(F)(F)F. The first-order chi connectivity index (χ1) is 16.8. The lowest BCUT2D eigenvalue weighted by atomic mass is 9.71. The molecule has 1 saturated heterocycles. The van der Waals surface area contributed by atoms with Crippen LogP contribution in [0.5, 0.6) is 5.75 Å². The first-order valence-electron chi connectivity index (χ1n) is 11.6. The monoisotopic (exact) mass is 491 g/mol. The number of carbonyl (C=O) groups is 1. The number of hydrogen-bond acceptors (Lipinski definition) is 5. The Morgan fingerprint density at radius 1 is 1.11 bits per heavy atom. The topological polar surface area (TPSA) is 54.4 Å². The van der Waals surface area contributed by atoms with Crippen LogP contribution in [-0.2, 0) is 15.1 Å². The number of carbonyl (C=O) groups excluding carboxylic acids is 1. The number of benzene rings is 2. The molecular weight excluding hydrogens is 466 g/mol. The van der Waals surface area contributed by atoms with E-state index in [0.29, 0.717) is 42.5 Å². The van der Waals surface area contributed by atoms with Crippen molar-refractivity contribution in [3.63, 3.8) is 0 Å². The Morgan fingerprint density at radius 2 is 1.86 bits per heavy atom. The molecular formula is C25H25F4N3O3. The Labute approximate surface area is 200 Å². The van der Waals surface area contributed by atoms with E-state index in [1.54, 1.807) is 30.3 Å². The summed E-state index contributed by atoms with van der Waals surface area (Å²) in [5.41, 5.74) is -0.392. The van der Waals surface area contributed by atoms with Gasteiger partial charge >= 0.3 is 12.1 Å². The largest absolute Gasteiger partial charge is 0.492 e. The van der Waals surface area contributed by atoms with Crippen molar-refractivity contribution in [3.05, 3.63) is 65.5 Å². The smallest absolute Gasteiger partial charge is 0.473 e. The molecule has 35 heavy (non-hydrogen) atoms. The third kappa shape index (κ3) is 4.29. The minimum absolute atomic E-state index is 0.0194. The highest BCUT2D eigenvalue weighted by Crippen LogP contribution is 2.51. The van der Waals surface area contributed by atoms with Crippen molar-refractivity contribution < 1.29 is 31.8 Å². The maximum absolute atomic E-state index is 14.1. The highest BCUT2D eigenvalue weighted by atomic mass is 19.4. The number of alkyl halides is 3. The minimum Gasteiger partial charge on any atom is -0.492 e. The summed E-state index contributed by atoms with van der Waals surface area (Å²) in [7, 11) is 0. The van der Waals surface area contributed by atoms with Gasteiger partial charge in [0.1, 0.15) is 17.1 Å². The van der Waals surface area contributed by atoms with Crippen LogP contribution in [0.1, 0.15) is 24.0 Å². The zero-order chi connectivity index (χ0) is 24.6. The van der Waals surface area contributed by atoms with Gasteiger partial charge in [-0.2, -0.15) is 18.3 Å². The Balaban J connectivity index is 1.59. The Morgan fingerprint density at radius 3 is 2.57 bits per heavy atom. The summed E-state index contributed by atoms with van der Waals surface area (Å²) in [6, 6.07) is 12.5. The van der Waals surface area contributed by atoms with E-state index in [1.165, 1.54) is 18.2 Å². The highest BCUT2D eigenvalue weighted by Gasteiger charge is 2.60. The second-order valence-electron chi connectivity index (χ2n) is 8.95. The second-order valence-corrected chi connectivity index (χ2v) is 8.95. The first-order valence-corrected chi connectivity index (χ1v) is 11.6. The zero-order valence-electron chi connectivity index (χ0n) is 18.9. The number of fused-ring (bicyclic) bond motifs is 3. The third-order valence-electron chi connectivity index (χ3n) is 6.96. The Bertz CT molecular complexity index is 1120. The molecule has 0 N–H and O–H groups in total. The number of ether oxygens (including phenoxy) is 2. The van der Waals surface area contributed by atoms with Gasteiger partial charge < -0.3 is 9.47 Å². The first kappa shape index (κ1) is 23.7. The van der Waals surface area contributed by atoms with E-state index in [4.69, 9.17) is 9.47 Å². The molecule has 6 nitrogen and oxygen atoms in total. The molecule has 0 aromatic heterocycles. The molecule has 0 bridgehead atoms. The van der Waals surface area contributed by atoms with Crippen molar-refractivity contribution in [2.75, 3.05) is 39.5 Å². The summed E-state index contributed by atoms with van der Waals surface area (Å²) < 4.78 is 66.9. The van der Waals surface area contributed by atoms with Gasteiger partial charge in [0.05, 0.1) is 31.5 Å². The number of hydrazone groups is 1. The van der Waals surface area contributed by atoms with Crippen LogP contribution in [0.25, 0.3) is 0 Å². The van der Waals surface area contributed by atoms with Gasteiger partial charge in [0.2, 0.25) is 0 Å². The minimum atomic E-state index is -5.13. The Hall–Kier alpha value is -2.98. The number of halogens is 4. The van der Waals surface area contributed by atoms with E-state index in [9.17, 15) is 22.4 Å². The average Bonchev–Trinajstić information content (AvgIpc) is 3.19. The molecule has 0 spiro atoms. The van der Waals surface area contributed by atoms with Crippen LogP contribution in [0.2, 0.25) is 0 Å². The van der Waals surface area contributed by atoms with Gasteiger partial charge in [-0.05, 0) is 43.1 Å². The predicted molar refractivity (Wildman–Crippen MR) is 119 cm³/mol. The molecule has 3 aliphatic rings. The molecule has 2 aromatic carbocycles. The molecule has 0 radical (unpaired) electrons. The third-order valence-corrected chi connectivity index (χ3v) is 6.96. The maximum Gasteiger partial charge on any atom is 0.473 e. The summed E-state index contributed by atoms with van der Waals surface area (Å²) in [6.45, 7) is 3.35. The van der Waals surface area contributed by atoms with Gasteiger partial charge in [0, 0.05) is 18.7 Å². The quantitative estimate of drug-likeness (QED) is 0.595. The van der Waals surface area contributed by atoms with E-state index in [1.807, 2.05) is 0 Å². The summed E-state index contributed by atoms with van der Waals surface area (Å²) in [5.74, 6) is -2.98. The van der Waals surface area contributed by atoms with Crippen LogP contribution in [0.15, 0.2) is 53.6 Å². The average molecular weight is 491 g/mol. The van der Waals surface area contributed by atoms with Gasteiger partial charge in [-0.15, -0.1) is 0 Å². The van der Waals surface area contributed by atoms with Crippen LogP contribution in [0.3, 0.4) is 0 Å².